The summed E-state index contributed by atoms with van der Waals surface area (Å²) in [6, 6.07) is -0.760. The summed E-state index contributed by atoms with van der Waals surface area (Å²) < 4.78 is 46.0. The second kappa shape index (κ2) is 4.43. The number of ether oxygens (including phenoxy) is 1. The van der Waals surface area contributed by atoms with Gasteiger partial charge in [-0.05, 0) is 27.7 Å². The minimum Gasteiger partial charge on any atom is -0.476 e. The maximum absolute atomic E-state index is 13.2. The normalized spacial score (nSPS) is 24.2. The summed E-state index contributed by atoms with van der Waals surface area (Å²) in [6.45, 7) is 6.82. The van der Waals surface area contributed by atoms with Crippen molar-refractivity contribution in [3.63, 3.8) is 0 Å². The van der Waals surface area contributed by atoms with Crippen LogP contribution in [0, 0.1) is 0 Å². The maximum atomic E-state index is 13.2. The molecule has 0 saturated carbocycles. The smallest absolute Gasteiger partial charge is 0.435 e. The third-order valence-electron chi connectivity index (χ3n) is 3.49. The number of carbonyl (C=O) groups is 1. The molecular formula is C12H16F3N3O3. The molecule has 2 heterocycles. The molecular weight excluding hydrogens is 291 g/mol. The predicted octanol–water partition coefficient (Wildman–Crippen LogP) is 2.51. The third kappa shape index (κ3) is 2.74. The lowest BCUT2D eigenvalue weighted by atomic mass is 9.94. The first kappa shape index (κ1) is 15.7. The van der Waals surface area contributed by atoms with E-state index in [4.69, 9.17) is 9.84 Å². The van der Waals surface area contributed by atoms with Crippen LogP contribution in [0.25, 0.3) is 0 Å². The monoisotopic (exact) mass is 307 g/mol. The van der Waals surface area contributed by atoms with E-state index in [9.17, 15) is 18.0 Å². The number of hydrogen-bond acceptors (Lipinski definition) is 4. The zero-order chi connectivity index (χ0) is 16.2. The van der Waals surface area contributed by atoms with Crippen LogP contribution in [0.5, 0.6) is 0 Å². The molecule has 0 radical (unpaired) electrons. The topological polar surface area (TPSA) is 77.2 Å². The summed E-state index contributed by atoms with van der Waals surface area (Å²) in [6.07, 6.45) is -4.59. The van der Waals surface area contributed by atoms with Crippen LogP contribution in [-0.2, 0) is 10.9 Å². The molecule has 1 fully saturated rings. The van der Waals surface area contributed by atoms with Crippen molar-refractivity contribution in [2.24, 2.45) is 0 Å². The van der Waals surface area contributed by atoms with Crippen LogP contribution in [0.15, 0.2) is 0 Å². The minimum absolute atomic E-state index is 0.269. The van der Waals surface area contributed by atoms with Crippen LogP contribution in [0.3, 0.4) is 0 Å². The van der Waals surface area contributed by atoms with E-state index in [-0.39, 0.29) is 6.42 Å². The second-order valence-corrected chi connectivity index (χ2v) is 6.22. The van der Waals surface area contributed by atoms with E-state index in [1.165, 1.54) is 0 Å². The van der Waals surface area contributed by atoms with Gasteiger partial charge in [0.15, 0.2) is 5.69 Å². The maximum Gasteiger partial charge on any atom is 0.435 e. The molecule has 118 valence electrons. The quantitative estimate of drug-likeness (QED) is 0.908. The SMILES string of the molecule is CC1(C)CC(n2nnc(C(=O)O)c2C(F)(F)F)C(C)(C)O1. The fraction of sp³-hybridized carbons (Fsp3) is 0.750. The lowest BCUT2D eigenvalue weighted by Gasteiger charge is -2.28. The van der Waals surface area contributed by atoms with Crippen LogP contribution in [0.1, 0.15) is 56.3 Å². The van der Waals surface area contributed by atoms with Crippen molar-refractivity contribution in [3.05, 3.63) is 11.4 Å². The van der Waals surface area contributed by atoms with Crippen LogP contribution in [0.4, 0.5) is 13.2 Å². The average molecular weight is 307 g/mol. The number of aromatic carboxylic acids is 1. The lowest BCUT2D eigenvalue weighted by molar-refractivity contribution is -0.147. The van der Waals surface area contributed by atoms with Gasteiger partial charge in [-0.1, -0.05) is 5.21 Å². The summed E-state index contributed by atoms with van der Waals surface area (Å²) in [5.74, 6) is -1.76. The van der Waals surface area contributed by atoms with E-state index in [1.807, 2.05) is 0 Å². The van der Waals surface area contributed by atoms with Gasteiger partial charge >= 0.3 is 12.1 Å². The average Bonchev–Trinajstić information content (AvgIpc) is 2.75. The van der Waals surface area contributed by atoms with Crippen molar-refractivity contribution >= 4 is 5.97 Å². The van der Waals surface area contributed by atoms with E-state index in [0.29, 0.717) is 4.68 Å². The van der Waals surface area contributed by atoms with Crippen molar-refractivity contribution < 1.29 is 27.8 Å². The fourth-order valence-corrected chi connectivity index (χ4v) is 2.83. The predicted molar refractivity (Wildman–Crippen MR) is 64.9 cm³/mol. The van der Waals surface area contributed by atoms with E-state index in [0.717, 1.165) is 0 Å². The Morgan fingerprint density at radius 2 is 1.95 bits per heavy atom. The Morgan fingerprint density at radius 1 is 1.38 bits per heavy atom. The molecule has 9 heteroatoms. The highest BCUT2D eigenvalue weighted by molar-refractivity contribution is 5.86. The molecule has 0 aromatic carbocycles. The molecule has 0 aliphatic carbocycles. The van der Waals surface area contributed by atoms with E-state index in [2.05, 4.69) is 10.3 Å². The third-order valence-corrected chi connectivity index (χ3v) is 3.49. The van der Waals surface area contributed by atoms with Crippen molar-refractivity contribution in [1.29, 1.82) is 0 Å². The van der Waals surface area contributed by atoms with Crippen LogP contribution >= 0.6 is 0 Å². The molecule has 1 aromatic heterocycles. The largest absolute Gasteiger partial charge is 0.476 e. The number of aromatic nitrogens is 3. The fourth-order valence-electron chi connectivity index (χ4n) is 2.83. The van der Waals surface area contributed by atoms with Gasteiger partial charge in [0.2, 0.25) is 5.69 Å². The molecule has 1 aromatic rings. The van der Waals surface area contributed by atoms with Crippen molar-refractivity contribution in [1.82, 2.24) is 15.0 Å². The minimum atomic E-state index is -4.86. The van der Waals surface area contributed by atoms with Gasteiger partial charge in [-0.3, -0.25) is 0 Å². The van der Waals surface area contributed by atoms with Gasteiger partial charge in [0.1, 0.15) is 0 Å². The molecule has 0 bridgehead atoms. The molecule has 1 N–H and O–H groups in total. The van der Waals surface area contributed by atoms with Gasteiger partial charge in [0.25, 0.3) is 0 Å². The standard InChI is InChI=1S/C12H16F3N3O3/c1-10(2)5-6(11(3,4)21-10)18-8(12(13,14)15)7(9(19)20)16-17-18/h6H,5H2,1-4H3,(H,19,20). The van der Waals surface area contributed by atoms with Crippen LogP contribution < -0.4 is 0 Å². The number of carboxylic acid groups (broad SMARTS) is 1. The van der Waals surface area contributed by atoms with Crippen molar-refractivity contribution in [3.8, 4) is 0 Å². The molecule has 0 amide bonds. The van der Waals surface area contributed by atoms with Gasteiger partial charge in [-0.25, -0.2) is 9.48 Å². The van der Waals surface area contributed by atoms with Gasteiger partial charge in [-0.2, -0.15) is 13.2 Å². The molecule has 6 nitrogen and oxygen atoms in total. The van der Waals surface area contributed by atoms with E-state index < -0.39 is 40.8 Å². The summed E-state index contributed by atoms with van der Waals surface area (Å²) >= 11 is 0. The molecule has 21 heavy (non-hydrogen) atoms. The van der Waals surface area contributed by atoms with Gasteiger partial charge in [0, 0.05) is 6.42 Å². The van der Waals surface area contributed by atoms with Gasteiger partial charge in [-0.15, -0.1) is 5.10 Å². The van der Waals surface area contributed by atoms with Crippen molar-refractivity contribution in [2.45, 2.75) is 57.5 Å². The number of halogens is 3. The Labute approximate surface area is 118 Å². The van der Waals surface area contributed by atoms with Gasteiger partial charge < -0.3 is 9.84 Å². The zero-order valence-electron chi connectivity index (χ0n) is 12.0. The lowest BCUT2D eigenvalue weighted by Crippen LogP contribution is -2.33. The molecule has 1 unspecified atom stereocenters. The highest BCUT2D eigenvalue weighted by Gasteiger charge is 2.51. The highest BCUT2D eigenvalue weighted by atomic mass is 19.4. The molecule has 1 aliphatic rings. The van der Waals surface area contributed by atoms with E-state index in [1.54, 1.807) is 27.7 Å². The van der Waals surface area contributed by atoms with E-state index >= 15 is 0 Å². The Balaban J connectivity index is 2.58. The summed E-state index contributed by atoms with van der Waals surface area (Å²) in [7, 11) is 0. The summed E-state index contributed by atoms with van der Waals surface area (Å²) in [5.41, 5.74) is -4.00. The highest BCUT2D eigenvalue weighted by Crippen LogP contribution is 2.46. The summed E-state index contributed by atoms with van der Waals surface area (Å²) in [5, 5.41) is 15.5. The molecule has 0 spiro atoms. The number of rotatable bonds is 2. The summed E-state index contributed by atoms with van der Waals surface area (Å²) in [4.78, 5) is 10.9. The van der Waals surface area contributed by atoms with Crippen LogP contribution in [-0.4, -0.2) is 37.3 Å². The second-order valence-electron chi connectivity index (χ2n) is 6.22. The first-order chi connectivity index (χ1) is 9.35. The first-order valence-electron chi connectivity index (χ1n) is 6.31. The van der Waals surface area contributed by atoms with Crippen LogP contribution in [0.2, 0.25) is 0 Å². The Bertz CT molecular complexity index is 578. The Hall–Kier alpha value is -1.64. The number of alkyl halides is 3. The molecule has 1 atom stereocenters. The number of carboxylic acids is 1. The number of hydrogen-bond donors (Lipinski definition) is 1. The number of nitrogens with zero attached hydrogens (tertiary/aromatic N) is 3. The molecule has 2 rings (SSSR count). The first-order valence-corrected chi connectivity index (χ1v) is 6.31. The zero-order valence-corrected chi connectivity index (χ0v) is 12.0. The van der Waals surface area contributed by atoms with Crippen molar-refractivity contribution in [2.75, 3.05) is 0 Å². The van der Waals surface area contributed by atoms with Gasteiger partial charge in [0.05, 0.1) is 17.2 Å². The Kier molecular flexibility index (Phi) is 3.32. The Morgan fingerprint density at radius 3 is 2.33 bits per heavy atom. The molecule has 1 saturated heterocycles. The molecule has 1 aliphatic heterocycles.